The number of hydrogen-bond acceptors (Lipinski definition) is 4. The minimum Gasteiger partial charge on any atom is -0.352 e. The Hall–Kier alpha value is -1.43. The lowest BCUT2D eigenvalue weighted by molar-refractivity contribution is -0.122. The van der Waals surface area contributed by atoms with Crippen LogP contribution in [-0.2, 0) is 17.9 Å². The second-order valence-electron chi connectivity index (χ2n) is 5.49. The van der Waals surface area contributed by atoms with Crippen LogP contribution in [0.15, 0.2) is 6.20 Å². The van der Waals surface area contributed by atoms with E-state index in [1.807, 2.05) is 6.20 Å². The van der Waals surface area contributed by atoms with Gasteiger partial charge in [-0.3, -0.25) is 4.79 Å². The zero-order valence-corrected chi connectivity index (χ0v) is 12.3. The molecule has 1 aromatic rings. The van der Waals surface area contributed by atoms with Gasteiger partial charge in [0.15, 0.2) is 0 Å². The maximum atomic E-state index is 11.9. The first-order valence-corrected chi connectivity index (χ1v) is 7.67. The highest BCUT2D eigenvalue weighted by Crippen LogP contribution is 2.17. The quantitative estimate of drug-likeness (QED) is 0.736. The van der Waals surface area contributed by atoms with Gasteiger partial charge in [-0.05, 0) is 25.8 Å². The van der Waals surface area contributed by atoms with Crippen molar-refractivity contribution in [3.63, 3.8) is 0 Å². The van der Waals surface area contributed by atoms with E-state index in [0.717, 1.165) is 31.5 Å². The van der Waals surface area contributed by atoms with E-state index in [2.05, 4.69) is 27.9 Å². The van der Waals surface area contributed by atoms with Crippen molar-refractivity contribution in [2.24, 2.45) is 0 Å². The molecular weight excluding hydrogens is 254 g/mol. The molecule has 0 bridgehead atoms. The Balaban J connectivity index is 1.73. The van der Waals surface area contributed by atoms with Crippen molar-refractivity contribution >= 4 is 5.91 Å². The van der Waals surface area contributed by atoms with Crippen molar-refractivity contribution < 1.29 is 4.79 Å². The summed E-state index contributed by atoms with van der Waals surface area (Å²) in [6, 6.07) is 0.352. The fourth-order valence-corrected chi connectivity index (χ4v) is 2.56. The lowest BCUT2D eigenvalue weighted by atomic mass is 9.95. The molecule has 2 N–H and O–H groups in total. The average molecular weight is 279 g/mol. The highest BCUT2D eigenvalue weighted by molar-refractivity contribution is 5.75. The van der Waals surface area contributed by atoms with Crippen LogP contribution in [0.2, 0.25) is 0 Å². The van der Waals surface area contributed by atoms with E-state index >= 15 is 0 Å². The summed E-state index contributed by atoms with van der Waals surface area (Å²) in [5.74, 6) is 0.0369. The van der Waals surface area contributed by atoms with Crippen molar-refractivity contribution in [2.75, 3.05) is 6.54 Å². The molecule has 6 heteroatoms. The molecule has 0 saturated heterocycles. The number of carbonyl (C=O) groups excluding carboxylic acids is 1. The number of nitrogens with zero attached hydrogens (tertiary/aromatic N) is 3. The number of carbonyl (C=O) groups is 1. The van der Waals surface area contributed by atoms with Gasteiger partial charge in [0.25, 0.3) is 0 Å². The largest absolute Gasteiger partial charge is 0.352 e. The second kappa shape index (κ2) is 7.99. The standard InChI is InChI=1S/C14H25N5O/c1-2-8-15-9-13-10-19(18-17-13)11-14(20)16-12-6-4-3-5-7-12/h10,12,15H,2-9,11H2,1H3,(H,16,20). The van der Waals surface area contributed by atoms with E-state index in [-0.39, 0.29) is 12.5 Å². The van der Waals surface area contributed by atoms with Crippen LogP contribution in [0.3, 0.4) is 0 Å². The third kappa shape index (κ3) is 4.92. The molecule has 0 unspecified atom stereocenters. The van der Waals surface area contributed by atoms with Gasteiger partial charge in [-0.25, -0.2) is 4.68 Å². The topological polar surface area (TPSA) is 71.8 Å². The lowest BCUT2D eigenvalue weighted by Gasteiger charge is -2.22. The first kappa shape index (κ1) is 15.0. The van der Waals surface area contributed by atoms with Crippen molar-refractivity contribution in [1.29, 1.82) is 0 Å². The summed E-state index contributed by atoms with van der Waals surface area (Å²) in [5.41, 5.74) is 0.879. The Morgan fingerprint density at radius 3 is 2.95 bits per heavy atom. The SMILES string of the molecule is CCCNCc1cn(CC(=O)NC2CCCCC2)nn1. The highest BCUT2D eigenvalue weighted by atomic mass is 16.2. The maximum absolute atomic E-state index is 11.9. The number of rotatable bonds is 7. The van der Waals surface area contributed by atoms with E-state index in [1.165, 1.54) is 19.3 Å². The van der Waals surface area contributed by atoms with Crippen molar-refractivity contribution in [2.45, 2.75) is 64.6 Å². The third-order valence-corrected chi connectivity index (χ3v) is 3.59. The summed E-state index contributed by atoms with van der Waals surface area (Å²) >= 11 is 0. The Morgan fingerprint density at radius 2 is 2.20 bits per heavy atom. The predicted octanol–water partition coefficient (Wildman–Crippen LogP) is 1.23. The van der Waals surface area contributed by atoms with Crippen LogP contribution in [-0.4, -0.2) is 33.5 Å². The molecule has 1 aromatic heterocycles. The minimum absolute atomic E-state index is 0.0369. The first-order chi connectivity index (χ1) is 9.78. The fourth-order valence-electron chi connectivity index (χ4n) is 2.56. The molecule has 1 aliphatic carbocycles. The Kier molecular flexibility index (Phi) is 5.98. The van der Waals surface area contributed by atoms with Gasteiger partial charge in [0.05, 0.1) is 11.9 Å². The maximum Gasteiger partial charge on any atom is 0.242 e. The van der Waals surface area contributed by atoms with Crippen molar-refractivity contribution in [3.8, 4) is 0 Å². The Labute approximate surface area is 120 Å². The molecule has 0 aliphatic heterocycles. The molecule has 0 radical (unpaired) electrons. The van der Waals surface area contributed by atoms with E-state index in [9.17, 15) is 4.79 Å². The van der Waals surface area contributed by atoms with Gasteiger partial charge in [-0.15, -0.1) is 5.10 Å². The van der Waals surface area contributed by atoms with Crippen LogP contribution in [0, 0.1) is 0 Å². The number of amides is 1. The van der Waals surface area contributed by atoms with Gasteiger partial charge >= 0.3 is 0 Å². The van der Waals surface area contributed by atoms with Gasteiger partial charge < -0.3 is 10.6 Å². The van der Waals surface area contributed by atoms with E-state index < -0.39 is 0 Å². The molecule has 1 aliphatic rings. The summed E-state index contributed by atoms with van der Waals surface area (Å²) in [7, 11) is 0. The molecule has 1 fully saturated rings. The monoisotopic (exact) mass is 279 g/mol. The summed E-state index contributed by atoms with van der Waals surface area (Å²) in [4.78, 5) is 11.9. The molecule has 6 nitrogen and oxygen atoms in total. The minimum atomic E-state index is 0.0369. The van der Waals surface area contributed by atoms with Crippen molar-refractivity contribution in [1.82, 2.24) is 25.6 Å². The van der Waals surface area contributed by atoms with Crippen molar-refractivity contribution in [3.05, 3.63) is 11.9 Å². The zero-order chi connectivity index (χ0) is 14.2. The van der Waals surface area contributed by atoms with Crippen LogP contribution >= 0.6 is 0 Å². The first-order valence-electron chi connectivity index (χ1n) is 7.67. The van der Waals surface area contributed by atoms with Crippen LogP contribution in [0.1, 0.15) is 51.1 Å². The van der Waals surface area contributed by atoms with E-state index in [4.69, 9.17) is 0 Å². The lowest BCUT2D eigenvalue weighted by Crippen LogP contribution is -2.38. The Bertz CT molecular complexity index is 411. The fraction of sp³-hybridized carbons (Fsp3) is 0.786. The molecule has 0 spiro atoms. The van der Waals surface area contributed by atoms with Crippen LogP contribution in [0.4, 0.5) is 0 Å². The molecule has 0 aromatic carbocycles. The van der Waals surface area contributed by atoms with Gasteiger partial charge in [0, 0.05) is 12.6 Å². The normalized spacial score (nSPS) is 16.2. The van der Waals surface area contributed by atoms with Gasteiger partial charge in [0.1, 0.15) is 6.54 Å². The van der Waals surface area contributed by atoms with Gasteiger partial charge in [0.2, 0.25) is 5.91 Å². The van der Waals surface area contributed by atoms with Crippen LogP contribution in [0.25, 0.3) is 0 Å². The number of nitrogens with one attached hydrogen (secondary N) is 2. The molecule has 1 saturated carbocycles. The van der Waals surface area contributed by atoms with Crippen LogP contribution in [0.5, 0.6) is 0 Å². The predicted molar refractivity (Wildman–Crippen MR) is 77.0 cm³/mol. The summed E-state index contributed by atoms with van der Waals surface area (Å²) in [5, 5.41) is 14.4. The van der Waals surface area contributed by atoms with Gasteiger partial charge in [-0.1, -0.05) is 31.4 Å². The molecule has 112 valence electrons. The number of hydrogen-bond donors (Lipinski definition) is 2. The molecular formula is C14H25N5O. The summed E-state index contributed by atoms with van der Waals surface area (Å²) in [6.07, 6.45) is 8.89. The van der Waals surface area contributed by atoms with E-state index in [1.54, 1.807) is 4.68 Å². The molecule has 1 heterocycles. The zero-order valence-electron chi connectivity index (χ0n) is 12.3. The summed E-state index contributed by atoms with van der Waals surface area (Å²) < 4.78 is 1.61. The molecule has 20 heavy (non-hydrogen) atoms. The van der Waals surface area contributed by atoms with Gasteiger partial charge in [-0.2, -0.15) is 0 Å². The van der Waals surface area contributed by atoms with Crippen LogP contribution < -0.4 is 10.6 Å². The third-order valence-electron chi connectivity index (χ3n) is 3.59. The molecule has 2 rings (SSSR count). The highest BCUT2D eigenvalue weighted by Gasteiger charge is 2.16. The summed E-state index contributed by atoms with van der Waals surface area (Å²) in [6.45, 7) is 4.06. The number of aromatic nitrogens is 3. The smallest absolute Gasteiger partial charge is 0.242 e. The second-order valence-corrected chi connectivity index (χ2v) is 5.49. The average Bonchev–Trinajstić information content (AvgIpc) is 2.87. The molecule has 1 amide bonds. The van der Waals surface area contributed by atoms with E-state index in [0.29, 0.717) is 12.6 Å². The Morgan fingerprint density at radius 1 is 1.40 bits per heavy atom. The molecule has 0 atom stereocenters.